The number of aryl methyl sites for hydroxylation is 1. The number of benzene rings is 2. The molecule has 4 N–H and O–H groups in total. The van der Waals surface area contributed by atoms with Gasteiger partial charge < -0.3 is 21.3 Å². The quantitative estimate of drug-likeness (QED) is 0.190. The number of fused-ring (bicyclic) bond motifs is 1. The molecule has 1 aliphatic rings. The number of amides is 2. The zero-order chi connectivity index (χ0) is 21.3. The van der Waals surface area contributed by atoms with Gasteiger partial charge in [0.05, 0.1) is 6.54 Å². The van der Waals surface area contributed by atoms with Crippen molar-refractivity contribution in [1.29, 1.82) is 0 Å². The number of anilines is 1. The van der Waals surface area contributed by atoms with Gasteiger partial charge in [0.15, 0.2) is 5.96 Å². The van der Waals surface area contributed by atoms with Crippen molar-refractivity contribution < 1.29 is 9.59 Å². The summed E-state index contributed by atoms with van der Waals surface area (Å²) < 4.78 is 0. The van der Waals surface area contributed by atoms with Crippen molar-refractivity contribution >= 4 is 47.4 Å². The molecule has 166 valence electrons. The number of hydrogen-bond acceptors (Lipinski definition) is 3. The number of nitrogens with zero attached hydrogens (tertiary/aromatic N) is 1. The topological polar surface area (TPSA) is 94.6 Å². The summed E-state index contributed by atoms with van der Waals surface area (Å²) in [5.41, 5.74) is 3.69. The van der Waals surface area contributed by atoms with Crippen LogP contribution < -0.4 is 21.3 Å². The van der Waals surface area contributed by atoms with Crippen LogP contribution in [0.3, 0.4) is 0 Å². The second-order valence-electron chi connectivity index (χ2n) is 7.31. The van der Waals surface area contributed by atoms with Crippen LogP contribution in [-0.4, -0.2) is 44.0 Å². The van der Waals surface area contributed by atoms with Gasteiger partial charge in [-0.1, -0.05) is 35.9 Å². The summed E-state index contributed by atoms with van der Waals surface area (Å²) in [6.45, 7) is 6.22. The summed E-state index contributed by atoms with van der Waals surface area (Å²) in [6.07, 6.45) is 0.423. The Kier molecular flexibility index (Phi) is 9.77. The van der Waals surface area contributed by atoms with Gasteiger partial charge >= 0.3 is 0 Å². The van der Waals surface area contributed by atoms with Crippen molar-refractivity contribution in [1.82, 2.24) is 16.0 Å². The minimum atomic E-state index is -0.0905. The summed E-state index contributed by atoms with van der Waals surface area (Å²) in [5, 5.41) is 12.3. The van der Waals surface area contributed by atoms with E-state index in [2.05, 4.69) is 26.3 Å². The third kappa shape index (κ3) is 7.23. The summed E-state index contributed by atoms with van der Waals surface area (Å²) in [7, 11) is 0. The predicted molar refractivity (Wildman–Crippen MR) is 135 cm³/mol. The Labute approximate surface area is 200 Å². The third-order valence-corrected chi connectivity index (χ3v) is 4.90. The molecule has 0 saturated heterocycles. The van der Waals surface area contributed by atoms with E-state index in [9.17, 15) is 9.59 Å². The fourth-order valence-corrected chi connectivity index (χ4v) is 3.45. The lowest BCUT2D eigenvalue weighted by atomic mass is 9.91. The SMILES string of the molecule is CCNC(=NCC1CC(=O)Nc2ccccc21)NCCNC(=O)c1cccc(C)c1.I. The van der Waals surface area contributed by atoms with Crippen molar-refractivity contribution in [2.45, 2.75) is 26.2 Å². The molecule has 2 amide bonds. The number of guanidine groups is 1. The average Bonchev–Trinajstić information content (AvgIpc) is 2.74. The molecule has 7 nitrogen and oxygen atoms in total. The summed E-state index contributed by atoms with van der Waals surface area (Å²) >= 11 is 0. The second kappa shape index (κ2) is 12.3. The average molecular weight is 535 g/mol. The normalized spacial score (nSPS) is 15.2. The maximum absolute atomic E-state index is 12.2. The number of nitrogens with one attached hydrogen (secondary N) is 4. The highest BCUT2D eigenvalue weighted by Crippen LogP contribution is 2.31. The zero-order valence-corrected chi connectivity index (χ0v) is 20.2. The van der Waals surface area contributed by atoms with Crippen LogP contribution in [0.15, 0.2) is 53.5 Å². The Hall–Kier alpha value is -2.62. The lowest BCUT2D eigenvalue weighted by molar-refractivity contribution is -0.116. The molecule has 1 atom stereocenters. The predicted octanol–water partition coefficient (Wildman–Crippen LogP) is 3.02. The fraction of sp³-hybridized carbons (Fsp3) is 0.348. The van der Waals surface area contributed by atoms with Crippen LogP contribution in [0.25, 0.3) is 0 Å². The van der Waals surface area contributed by atoms with Crippen molar-refractivity contribution in [2.24, 2.45) is 4.99 Å². The van der Waals surface area contributed by atoms with Gasteiger partial charge in [0.1, 0.15) is 0 Å². The van der Waals surface area contributed by atoms with Crippen LogP contribution in [-0.2, 0) is 4.79 Å². The first-order chi connectivity index (χ1) is 14.6. The van der Waals surface area contributed by atoms with Crippen LogP contribution in [0.1, 0.15) is 40.7 Å². The molecule has 0 aromatic heterocycles. The largest absolute Gasteiger partial charge is 0.357 e. The minimum Gasteiger partial charge on any atom is -0.357 e. The lowest BCUT2D eigenvalue weighted by Gasteiger charge is -2.24. The van der Waals surface area contributed by atoms with E-state index >= 15 is 0 Å². The molecular weight excluding hydrogens is 505 g/mol. The van der Waals surface area contributed by atoms with Crippen LogP contribution in [0.2, 0.25) is 0 Å². The van der Waals surface area contributed by atoms with Crippen LogP contribution in [0.5, 0.6) is 0 Å². The van der Waals surface area contributed by atoms with E-state index in [1.807, 2.05) is 56.3 Å². The molecule has 2 aromatic rings. The monoisotopic (exact) mass is 535 g/mol. The van der Waals surface area contributed by atoms with Crippen molar-refractivity contribution in [3.63, 3.8) is 0 Å². The van der Waals surface area contributed by atoms with Gasteiger partial charge in [-0.05, 0) is 37.6 Å². The smallest absolute Gasteiger partial charge is 0.251 e. The van der Waals surface area contributed by atoms with Crippen LogP contribution in [0, 0.1) is 6.92 Å². The van der Waals surface area contributed by atoms with Gasteiger partial charge in [0, 0.05) is 43.2 Å². The van der Waals surface area contributed by atoms with E-state index in [1.54, 1.807) is 6.07 Å². The summed E-state index contributed by atoms with van der Waals surface area (Å²) in [4.78, 5) is 28.9. The van der Waals surface area contributed by atoms with Crippen LogP contribution >= 0.6 is 24.0 Å². The Morgan fingerprint density at radius 3 is 2.65 bits per heavy atom. The first kappa shape index (κ1) is 24.6. The maximum Gasteiger partial charge on any atom is 0.251 e. The Morgan fingerprint density at radius 1 is 1.10 bits per heavy atom. The van der Waals surface area contributed by atoms with Gasteiger partial charge in [-0.3, -0.25) is 14.6 Å². The van der Waals surface area contributed by atoms with E-state index in [1.165, 1.54) is 0 Å². The molecule has 1 aliphatic heterocycles. The first-order valence-electron chi connectivity index (χ1n) is 10.3. The Balaban J connectivity index is 0.00000341. The minimum absolute atomic E-state index is 0. The molecule has 8 heteroatoms. The van der Waals surface area contributed by atoms with Crippen molar-refractivity contribution in [2.75, 3.05) is 31.5 Å². The van der Waals surface area contributed by atoms with E-state index in [4.69, 9.17) is 0 Å². The van der Waals surface area contributed by atoms with Gasteiger partial charge in [0.2, 0.25) is 5.91 Å². The molecule has 2 aromatic carbocycles. The number of carbonyl (C=O) groups is 2. The number of para-hydroxylation sites is 1. The molecule has 0 aliphatic carbocycles. The molecule has 3 rings (SSSR count). The summed E-state index contributed by atoms with van der Waals surface area (Å²) in [6, 6.07) is 15.4. The standard InChI is InChI=1S/C23H29N5O2.HI/c1-3-24-23(26-12-11-25-22(30)17-8-6-7-16(2)13-17)27-15-18-14-21(29)28-20-10-5-4-9-19(18)20;/h4-10,13,18H,3,11-12,14-15H2,1-2H3,(H,25,30)(H,28,29)(H2,24,26,27);1H. The number of rotatable bonds is 7. The molecule has 1 heterocycles. The zero-order valence-electron chi connectivity index (χ0n) is 17.9. The number of aliphatic imine (C=N–C) groups is 1. The number of hydrogen-bond donors (Lipinski definition) is 4. The van der Waals surface area contributed by atoms with E-state index < -0.39 is 0 Å². The molecule has 1 unspecified atom stereocenters. The van der Waals surface area contributed by atoms with Crippen molar-refractivity contribution in [3.05, 3.63) is 65.2 Å². The van der Waals surface area contributed by atoms with Gasteiger partial charge in [-0.15, -0.1) is 24.0 Å². The highest BCUT2D eigenvalue weighted by atomic mass is 127. The van der Waals surface area contributed by atoms with Crippen molar-refractivity contribution in [3.8, 4) is 0 Å². The number of halogens is 1. The summed E-state index contributed by atoms with van der Waals surface area (Å²) in [5.74, 6) is 0.648. The highest BCUT2D eigenvalue weighted by Gasteiger charge is 2.24. The molecule has 0 fully saturated rings. The maximum atomic E-state index is 12.2. The fourth-order valence-electron chi connectivity index (χ4n) is 3.45. The van der Waals surface area contributed by atoms with Gasteiger partial charge in [-0.2, -0.15) is 0 Å². The van der Waals surface area contributed by atoms with Gasteiger partial charge in [-0.25, -0.2) is 0 Å². The van der Waals surface area contributed by atoms with Crippen LogP contribution in [0.4, 0.5) is 5.69 Å². The second-order valence-corrected chi connectivity index (χ2v) is 7.31. The third-order valence-electron chi connectivity index (χ3n) is 4.90. The number of carbonyl (C=O) groups excluding carboxylic acids is 2. The van der Waals surface area contributed by atoms with E-state index in [0.717, 1.165) is 23.4 Å². The molecule has 0 saturated carbocycles. The molecule has 0 bridgehead atoms. The Bertz CT molecular complexity index is 932. The highest BCUT2D eigenvalue weighted by molar-refractivity contribution is 14.0. The van der Waals surface area contributed by atoms with Gasteiger partial charge in [0.25, 0.3) is 5.91 Å². The first-order valence-corrected chi connectivity index (χ1v) is 10.3. The lowest BCUT2D eigenvalue weighted by Crippen LogP contribution is -2.41. The molecular formula is C23H30IN5O2. The molecule has 0 spiro atoms. The van der Waals surface area contributed by atoms with E-state index in [-0.39, 0.29) is 41.7 Å². The Morgan fingerprint density at radius 2 is 1.87 bits per heavy atom. The molecule has 0 radical (unpaired) electrons. The van der Waals surface area contributed by atoms with E-state index in [0.29, 0.717) is 37.6 Å². The molecule has 31 heavy (non-hydrogen) atoms.